The zero-order valence-electron chi connectivity index (χ0n) is 7.76. The number of carbonyl (C=O) groups is 2. The van der Waals surface area contributed by atoms with Gasteiger partial charge >= 0.3 is 12.0 Å². The molecular formula is C8H14N2O3. The van der Waals surface area contributed by atoms with Crippen LogP contribution >= 0.6 is 0 Å². The molecule has 5 nitrogen and oxygen atoms in total. The molecule has 0 rings (SSSR count). The summed E-state index contributed by atoms with van der Waals surface area (Å²) in [5.74, 6) is -0.928. The first-order valence-corrected chi connectivity index (χ1v) is 3.92. The molecule has 0 aliphatic heterocycles. The molecule has 0 aliphatic carbocycles. The molecule has 0 atom stereocenters. The molecule has 3 N–H and O–H groups in total. The summed E-state index contributed by atoms with van der Waals surface area (Å²) >= 11 is 0. The third kappa shape index (κ3) is 8.39. The fraction of sp³-hybridized carbons (Fsp3) is 0.500. The van der Waals surface area contributed by atoms with Gasteiger partial charge in [-0.1, -0.05) is 5.57 Å². The van der Waals surface area contributed by atoms with E-state index in [4.69, 9.17) is 5.11 Å². The highest BCUT2D eigenvalue weighted by Crippen LogP contribution is 1.83. The summed E-state index contributed by atoms with van der Waals surface area (Å²) in [6, 6.07) is -0.387. The number of nitrogens with one attached hydrogen (secondary N) is 2. The Morgan fingerprint density at radius 3 is 2.46 bits per heavy atom. The van der Waals surface area contributed by atoms with E-state index < -0.39 is 5.97 Å². The van der Waals surface area contributed by atoms with Crippen molar-refractivity contribution in [3.8, 4) is 0 Å². The molecule has 2 amide bonds. The van der Waals surface area contributed by atoms with Crippen molar-refractivity contribution in [3.05, 3.63) is 11.8 Å². The van der Waals surface area contributed by atoms with E-state index in [0.717, 1.165) is 5.57 Å². The van der Waals surface area contributed by atoms with E-state index in [0.29, 0.717) is 0 Å². The molecule has 13 heavy (non-hydrogen) atoms. The van der Waals surface area contributed by atoms with Crippen LogP contribution in [0.4, 0.5) is 4.79 Å². The molecule has 0 aromatic carbocycles. The van der Waals surface area contributed by atoms with E-state index >= 15 is 0 Å². The van der Waals surface area contributed by atoms with Crippen LogP contribution < -0.4 is 10.6 Å². The van der Waals surface area contributed by atoms with Crippen LogP contribution in [0.2, 0.25) is 0 Å². The number of rotatable bonds is 4. The van der Waals surface area contributed by atoms with Crippen molar-refractivity contribution in [3.63, 3.8) is 0 Å². The number of carbonyl (C=O) groups excluding carboxylic acids is 1. The molecule has 0 aromatic rings. The lowest BCUT2D eigenvalue weighted by Gasteiger charge is -2.02. The highest BCUT2D eigenvalue weighted by Gasteiger charge is 1.99. The summed E-state index contributed by atoms with van der Waals surface area (Å²) in [6.07, 6.45) is 1.48. The summed E-state index contributed by atoms with van der Waals surface area (Å²) in [7, 11) is 0. The monoisotopic (exact) mass is 186 g/mol. The van der Waals surface area contributed by atoms with Crippen molar-refractivity contribution in [1.82, 2.24) is 10.6 Å². The maximum atomic E-state index is 10.9. The van der Waals surface area contributed by atoms with Crippen LogP contribution in [-0.4, -0.2) is 23.7 Å². The highest BCUT2D eigenvalue weighted by atomic mass is 16.4. The lowest BCUT2D eigenvalue weighted by molar-refractivity contribution is -0.136. The third-order valence-electron chi connectivity index (χ3n) is 1.12. The van der Waals surface area contributed by atoms with Crippen molar-refractivity contribution in [2.75, 3.05) is 6.54 Å². The predicted octanol–water partition coefficient (Wildman–Crippen LogP) is 0.684. The van der Waals surface area contributed by atoms with Crippen molar-refractivity contribution in [2.45, 2.75) is 20.3 Å². The van der Waals surface area contributed by atoms with Crippen LogP contribution in [0.5, 0.6) is 0 Å². The first-order valence-electron chi connectivity index (χ1n) is 3.92. The second kappa shape index (κ2) is 6.05. The maximum Gasteiger partial charge on any atom is 0.318 e. The van der Waals surface area contributed by atoms with Gasteiger partial charge in [0.05, 0.1) is 6.42 Å². The minimum absolute atomic E-state index is 0.0672. The smallest absolute Gasteiger partial charge is 0.318 e. The first kappa shape index (κ1) is 11.5. The summed E-state index contributed by atoms with van der Waals surface area (Å²) in [4.78, 5) is 20.9. The Balaban J connectivity index is 3.52. The molecule has 74 valence electrons. The second-order valence-electron chi connectivity index (χ2n) is 2.77. The molecule has 0 heterocycles. The average molecular weight is 186 g/mol. The van der Waals surface area contributed by atoms with Gasteiger partial charge in [0.1, 0.15) is 0 Å². The zero-order chi connectivity index (χ0) is 10.3. The fourth-order valence-electron chi connectivity index (χ4n) is 0.544. The van der Waals surface area contributed by atoms with Crippen LogP contribution in [0.3, 0.4) is 0 Å². The van der Waals surface area contributed by atoms with Gasteiger partial charge in [-0.15, -0.1) is 0 Å². The van der Waals surface area contributed by atoms with Crippen LogP contribution in [0.15, 0.2) is 11.8 Å². The minimum Gasteiger partial charge on any atom is -0.481 e. The predicted molar refractivity (Wildman–Crippen MR) is 48.2 cm³/mol. The fourth-order valence-corrected chi connectivity index (χ4v) is 0.544. The largest absolute Gasteiger partial charge is 0.481 e. The van der Waals surface area contributed by atoms with Gasteiger partial charge in [0.2, 0.25) is 0 Å². The molecule has 0 saturated heterocycles. The Labute approximate surface area is 76.8 Å². The van der Waals surface area contributed by atoms with Gasteiger partial charge in [-0.25, -0.2) is 4.79 Å². The Bertz CT molecular complexity index is 219. The van der Waals surface area contributed by atoms with E-state index in [1.54, 1.807) is 6.20 Å². The van der Waals surface area contributed by atoms with Gasteiger partial charge < -0.3 is 15.7 Å². The molecule has 0 radical (unpaired) electrons. The summed E-state index contributed by atoms with van der Waals surface area (Å²) in [5.41, 5.74) is 0.966. The lowest BCUT2D eigenvalue weighted by Crippen LogP contribution is -2.33. The van der Waals surface area contributed by atoms with E-state index in [1.165, 1.54) is 0 Å². The number of hydrogen-bond acceptors (Lipinski definition) is 2. The van der Waals surface area contributed by atoms with Crippen LogP contribution in [-0.2, 0) is 4.79 Å². The molecule has 0 spiro atoms. The van der Waals surface area contributed by atoms with Crippen LogP contribution in [0.1, 0.15) is 20.3 Å². The zero-order valence-corrected chi connectivity index (χ0v) is 7.76. The molecule has 0 bridgehead atoms. The summed E-state index contributed by atoms with van der Waals surface area (Å²) in [6.45, 7) is 3.83. The topological polar surface area (TPSA) is 78.4 Å². The van der Waals surface area contributed by atoms with E-state index in [-0.39, 0.29) is 19.0 Å². The Kier molecular flexibility index (Phi) is 5.34. The van der Waals surface area contributed by atoms with Crippen molar-refractivity contribution < 1.29 is 14.7 Å². The van der Waals surface area contributed by atoms with Crippen molar-refractivity contribution >= 4 is 12.0 Å². The Morgan fingerprint density at radius 1 is 1.38 bits per heavy atom. The van der Waals surface area contributed by atoms with Crippen LogP contribution in [0.25, 0.3) is 0 Å². The highest BCUT2D eigenvalue weighted by molar-refractivity contribution is 5.75. The van der Waals surface area contributed by atoms with E-state index in [9.17, 15) is 9.59 Å². The van der Waals surface area contributed by atoms with Gasteiger partial charge in [0.25, 0.3) is 0 Å². The third-order valence-corrected chi connectivity index (χ3v) is 1.12. The number of urea groups is 1. The van der Waals surface area contributed by atoms with Gasteiger partial charge in [-0.2, -0.15) is 0 Å². The molecule has 0 aliphatic rings. The van der Waals surface area contributed by atoms with E-state index in [1.807, 2.05) is 13.8 Å². The average Bonchev–Trinajstić information content (AvgIpc) is 2.00. The van der Waals surface area contributed by atoms with Gasteiger partial charge in [-0.3, -0.25) is 4.79 Å². The number of carboxylic acid groups (broad SMARTS) is 1. The van der Waals surface area contributed by atoms with E-state index in [2.05, 4.69) is 10.6 Å². The van der Waals surface area contributed by atoms with Gasteiger partial charge in [0, 0.05) is 12.7 Å². The van der Waals surface area contributed by atoms with Crippen molar-refractivity contribution in [2.24, 2.45) is 0 Å². The standard InChI is InChI=1S/C8H14N2O3/c1-6(2)5-10-8(13)9-4-3-7(11)12/h5H,3-4H2,1-2H3,(H,11,12)(H2,9,10,13). The molecule has 0 fully saturated rings. The first-order chi connectivity index (χ1) is 6.02. The second-order valence-corrected chi connectivity index (χ2v) is 2.77. The quantitative estimate of drug-likeness (QED) is 0.604. The van der Waals surface area contributed by atoms with Gasteiger partial charge in [-0.05, 0) is 13.8 Å². The maximum absolute atomic E-state index is 10.9. The lowest BCUT2D eigenvalue weighted by atomic mass is 10.4. The number of carboxylic acids is 1. The Morgan fingerprint density at radius 2 is 2.00 bits per heavy atom. The number of aliphatic carboxylic acids is 1. The molecule has 0 saturated carbocycles. The molecule has 5 heteroatoms. The number of hydrogen-bond donors (Lipinski definition) is 3. The molecule has 0 aromatic heterocycles. The normalized spacial score (nSPS) is 8.77. The summed E-state index contributed by atoms with van der Waals surface area (Å²) in [5, 5.41) is 13.1. The molecule has 0 unspecified atom stereocenters. The summed E-state index contributed by atoms with van der Waals surface area (Å²) < 4.78 is 0. The van der Waals surface area contributed by atoms with Crippen molar-refractivity contribution in [1.29, 1.82) is 0 Å². The molecular weight excluding hydrogens is 172 g/mol. The van der Waals surface area contributed by atoms with Crippen LogP contribution in [0, 0.1) is 0 Å². The number of allylic oxidation sites excluding steroid dienone is 1. The number of amides is 2. The Hall–Kier alpha value is -1.52. The minimum atomic E-state index is -0.928. The SMILES string of the molecule is CC(C)=CNC(=O)NCCC(=O)O. The van der Waals surface area contributed by atoms with Gasteiger partial charge in [0.15, 0.2) is 0 Å².